The SMILES string of the molecule is C=CCCSCCC=C.[I][Pt][I]. The Morgan fingerprint density at radius 3 is 1.67 bits per heavy atom. The molecule has 0 atom stereocenters. The number of rotatable bonds is 6. The van der Waals surface area contributed by atoms with Crippen molar-refractivity contribution >= 4 is 50.5 Å². The Labute approximate surface area is 110 Å². The van der Waals surface area contributed by atoms with Crippen LogP contribution < -0.4 is 0 Å². The molecule has 0 aliphatic carbocycles. The van der Waals surface area contributed by atoms with Crippen molar-refractivity contribution in [1.82, 2.24) is 0 Å². The molecule has 0 saturated carbocycles. The fourth-order valence-corrected chi connectivity index (χ4v) is 1.31. The fourth-order valence-electron chi connectivity index (χ4n) is 0.435. The fraction of sp³-hybridized carbons (Fsp3) is 0.500. The zero-order valence-corrected chi connectivity index (χ0v) is 14.3. The molecule has 0 fully saturated rings. The summed E-state index contributed by atoms with van der Waals surface area (Å²) >= 11 is 7.26. The standard InChI is InChI=1S/C8H14S.2HI.Pt/c1-3-5-7-9-8-6-4-2;;;/h3-4H,1-2,5-8H2;2*1H;/q;;;+2/p-2. The van der Waals surface area contributed by atoms with Gasteiger partial charge in [0.25, 0.3) is 0 Å². The van der Waals surface area contributed by atoms with Crippen molar-refractivity contribution in [1.29, 1.82) is 0 Å². The summed E-state index contributed by atoms with van der Waals surface area (Å²) in [5.74, 6) is 2.41. The summed E-state index contributed by atoms with van der Waals surface area (Å²) in [5, 5.41) is 0. The van der Waals surface area contributed by atoms with Gasteiger partial charge >= 0.3 is 49.9 Å². The Balaban J connectivity index is 0. The van der Waals surface area contributed by atoms with E-state index < -0.39 is 0 Å². The Hall–Kier alpha value is 1.98. The first-order chi connectivity index (χ1) is 5.83. The third kappa shape index (κ3) is 22.7. The monoisotopic (exact) mass is 591 g/mol. The molecule has 0 bridgehead atoms. The molecule has 0 aromatic carbocycles. The molecule has 0 aromatic heterocycles. The summed E-state index contributed by atoms with van der Waals surface area (Å²) in [6, 6.07) is 0. The van der Waals surface area contributed by atoms with Crippen LogP contribution in [0.1, 0.15) is 12.8 Å². The van der Waals surface area contributed by atoms with Gasteiger partial charge in [-0.3, -0.25) is 0 Å². The van der Waals surface area contributed by atoms with Gasteiger partial charge in [0.05, 0.1) is 0 Å². The third-order valence-electron chi connectivity index (χ3n) is 0.933. The van der Waals surface area contributed by atoms with Crippen LogP contribution in [0.3, 0.4) is 0 Å². The van der Waals surface area contributed by atoms with Crippen molar-refractivity contribution in [3.63, 3.8) is 0 Å². The second-order valence-corrected chi connectivity index (χ2v) is 19.6. The van der Waals surface area contributed by atoms with E-state index in [-0.39, 0.29) is 0 Å². The number of allylic oxidation sites excluding steroid dienone is 2. The van der Waals surface area contributed by atoms with Gasteiger partial charge in [-0.25, -0.2) is 0 Å². The van der Waals surface area contributed by atoms with Crippen LogP contribution in [-0.2, 0) is 11.2 Å². The molecule has 4 heteroatoms. The summed E-state index contributed by atoms with van der Waals surface area (Å²) in [6.45, 7) is 7.29. The van der Waals surface area contributed by atoms with Crippen molar-refractivity contribution in [2.75, 3.05) is 11.5 Å². The van der Waals surface area contributed by atoms with E-state index in [1.165, 1.54) is 11.5 Å². The molecule has 0 heterocycles. The van der Waals surface area contributed by atoms with Crippen LogP contribution in [0, 0.1) is 0 Å². The molecule has 0 N–H and O–H groups in total. The van der Waals surface area contributed by atoms with Crippen molar-refractivity contribution < 1.29 is 11.2 Å². The molecule has 0 aromatic rings. The van der Waals surface area contributed by atoms with Gasteiger partial charge in [-0.2, -0.15) is 11.8 Å². The number of hydrogen-bond donors (Lipinski definition) is 0. The topological polar surface area (TPSA) is 0 Å². The number of thioether (sulfide) groups is 1. The summed E-state index contributed by atoms with van der Waals surface area (Å²) in [6.07, 6.45) is 6.17. The van der Waals surface area contributed by atoms with E-state index in [0.717, 1.165) is 12.8 Å². The average Bonchev–Trinajstić information content (AvgIpc) is 2.06. The predicted octanol–water partition coefficient (Wildman–Crippen LogP) is 4.64. The normalized spacial score (nSPS) is 8.50. The molecule has 0 saturated heterocycles. The maximum absolute atomic E-state index is 3.64. The van der Waals surface area contributed by atoms with Gasteiger partial charge in [-0.15, -0.1) is 13.2 Å². The number of halogens is 2. The van der Waals surface area contributed by atoms with Gasteiger partial charge in [0.2, 0.25) is 0 Å². The molecular weight excluding hydrogens is 577 g/mol. The Kier molecular flexibility index (Phi) is 25.6. The summed E-state index contributed by atoms with van der Waals surface area (Å²) < 4.78 is 0. The third-order valence-corrected chi connectivity index (χ3v) is 1.98. The van der Waals surface area contributed by atoms with Crippen LogP contribution in [0.15, 0.2) is 25.3 Å². The van der Waals surface area contributed by atoms with Crippen LogP contribution in [0.5, 0.6) is 0 Å². The first-order valence-electron chi connectivity index (χ1n) is 3.45. The Bertz CT molecular complexity index is 89.1. The summed E-state index contributed by atoms with van der Waals surface area (Å²) in [4.78, 5) is 0. The summed E-state index contributed by atoms with van der Waals surface area (Å²) in [5.41, 5.74) is 0. The molecule has 76 valence electrons. The zero-order valence-electron chi connectivity index (χ0n) is 6.88. The molecule has 0 aliphatic rings. The van der Waals surface area contributed by atoms with Crippen LogP contribution in [0.4, 0.5) is 0 Å². The van der Waals surface area contributed by atoms with Gasteiger partial charge < -0.3 is 0 Å². The average molecular weight is 591 g/mol. The first kappa shape index (κ1) is 16.4. The molecule has 0 aliphatic heterocycles. The number of hydrogen-bond acceptors (Lipinski definition) is 1. The van der Waals surface area contributed by atoms with E-state index in [1.54, 1.807) is 0 Å². The molecule has 12 heavy (non-hydrogen) atoms. The molecule has 0 unspecified atom stereocenters. The van der Waals surface area contributed by atoms with Gasteiger partial charge in [-0.1, -0.05) is 12.2 Å². The molecule has 0 amide bonds. The predicted molar refractivity (Wildman–Crippen MR) is 75.0 cm³/mol. The molecular formula is C8H14I2PtS. The first-order valence-corrected chi connectivity index (χ1v) is 17.5. The molecule has 0 nitrogen and oxygen atoms in total. The van der Waals surface area contributed by atoms with Gasteiger partial charge in [-0.05, 0) is 24.3 Å². The van der Waals surface area contributed by atoms with Gasteiger partial charge in [0, 0.05) is 0 Å². The quantitative estimate of drug-likeness (QED) is 0.247. The van der Waals surface area contributed by atoms with Gasteiger partial charge in [0.15, 0.2) is 0 Å². The van der Waals surface area contributed by atoms with Gasteiger partial charge in [0.1, 0.15) is 0 Å². The van der Waals surface area contributed by atoms with Crippen molar-refractivity contribution in [3.8, 4) is 0 Å². The van der Waals surface area contributed by atoms with E-state index >= 15 is 0 Å². The van der Waals surface area contributed by atoms with Crippen LogP contribution >= 0.6 is 50.5 Å². The maximum atomic E-state index is 3.64. The Morgan fingerprint density at radius 2 is 1.42 bits per heavy atom. The molecule has 0 spiro atoms. The van der Waals surface area contributed by atoms with Crippen molar-refractivity contribution in [2.45, 2.75) is 12.8 Å². The van der Waals surface area contributed by atoms with Crippen LogP contribution in [-0.4, -0.2) is 11.5 Å². The Morgan fingerprint density at radius 1 is 1.08 bits per heavy atom. The van der Waals surface area contributed by atoms with Crippen LogP contribution in [0.25, 0.3) is 0 Å². The second kappa shape index (κ2) is 18.7. The minimum absolute atomic E-state index is 0.523. The van der Waals surface area contributed by atoms with Crippen molar-refractivity contribution in [3.05, 3.63) is 25.3 Å². The summed E-state index contributed by atoms with van der Waals surface area (Å²) in [7, 11) is 0. The van der Waals surface area contributed by atoms with E-state index in [0.29, 0.717) is 11.2 Å². The molecule has 0 rings (SSSR count). The minimum atomic E-state index is 0.523. The van der Waals surface area contributed by atoms with E-state index in [9.17, 15) is 0 Å². The second-order valence-electron chi connectivity index (χ2n) is 1.81. The molecule has 0 radical (unpaired) electrons. The van der Waals surface area contributed by atoms with E-state index in [1.807, 2.05) is 23.9 Å². The van der Waals surface area contributed by atoms with Crippen LogP contribution in [0.2, 0.25) is 0 Å². The van der Waals surface area contributed by atoms with Crippen molar-refractivity contribution in [2.24, 2.45) is 0 Å². The van der Waals surface area contributed by atoms with E-state index in [4.69, 9.17) is 0 Å². The van der Waals surface area contributed by atoms with E-state index in [2.05, 4.69) is 51.9 Å². The zero-order chi connectivity index (χ0) is 9.66.